The van der Waals surface area contributed by atoms with Crippen molar-refractivity contribution in [1.29, 1.82) is 0 Å². The number of carbonyl (C=O) groups excluding carboxylic acids is 1. The third kappa shape index (κ3) is 3.34. The molecule has 6 heteroatoms. The first-order chi connectivity index (χ1) is 13.1. The van der Waals surface area contributed by atoms with E-state index >= 15 is 0 Å². The lowest BCUT2D eigenvalue weighted by Gasteiger charge is -2.24. The number of ether oxygens (including phenoxy) is 1. The van der Waals surface area contributed by atoms with Gasteiger partial charge in [0.15, 0.2) is 0 Å². The van der Waals surface area contributed by atoms with Gasteiger partial charge in [0.25, 0.3) is 0 Å². The fourth-order valence-corrected chi connectivity index (χ4v) is 4.71. The van der Waals surface area contributed by atoms with Crippen molar-refractivity contribution in [3.05, 3.63) is 74.8 Å². The summed E-state index contributed by atoms with van der Waals surface area (Å²) in [6.45, 7) is 1.96. The molecule has 4 rings (SSSR count). The number of phenols is 1. The third-order valence-electron chi connectivity index (χ3n) is 4.26. The number of anilines is 1. The highest BCUT2D eigenvalue weighted by Gasteiger charge is 2.28. The van der Waals surface area contributed by atoms with Gasteiger partial charge >= 0.3 is 0 Å². The molecule has 0 amide bonds. The van der Waals surface area contributed by atoms with Gasteiger partial charge in [-0.25, -0.2) is 0 Å². The number of aromatic hydroxyl groups is 1. The summed E-state index contributed by atoms with van der Waals surface area (Å²) in [4.78, 5) is 15.3. The fraction of sp³-hybridized carbons (Fsp3) is 0.0952. The summed E-state index contributed by atoms with van der Waals surface area (Å²) in [6.07, 6.45) is 0. The number of thiophene rings is 1. The Morgan fingerprint density at radius 3 is 2.74 bits per heavy atom. The highest BCUT2D eigenvalue weighted by Crippen LogP contribution is 2.46. The summed E-state index contributed by atoms with van der Waals surface area (Å²) in [5.74, 6) is 0.803. The van der Waals surface area contributed by atoms with Crippen LogP contribution < -0.4 is 10.1 Å². The molecule has 136 valence electrons. The predicted octanol–water partition coefficient (Wildman–Crippen LogP) is 5.54. The maximum absolute atomic E-state index is 13.2. The van der Waals surface area contributed by atoms with Crippen LogP contribution in [0.25, 0.3) is 5.70 Å². The second-order valence-electron chi connectivity index (χ2n) is 6.12. The molecular weight excluding hydrogens is 378 g/mol. The molecule has 1 aliphatic rings. The van der Waals surface area contributed by atoms with Gasteiger partial charge in [0.1, 0.15) is 11.5 Å². The lowest BCUT2D eigenvalue weighted by molar-refractivity contribution is 0.104. The minimum absolute atomic E-state index is 0.0631. The fourth-order valence-electron chi connectivity index (χ4n) is 2.89. The zero-order valence-corrected chi connectivity index (χ0v) is 16.4. The Morgan fingerprint density at radius 1 is 1.15 bits per heavy atom. The first-order valence-corrected chi connectivity index (χ1v) is 10.0. The molecule has 0 saturated heterocycles. The van der Waals surface area contributed by atoms with Crippen LogP contribution in [0.3, 0.4) is 0 Å². The summed E-state index contributed by atoms with van der Waals surface area (Å²) in [5, 5.41) is 15.7. The second-order valence-corrected chi connectivity index (χ2v) is 8.12. The van der Waals surface area contributed by atoms with Crippen molar-refractivity contribution >= 4 is 40.3 Å². The lowest BCUT2D eigenvalue weighted by Crippen LogP contribution is -2.13. The number of fused-ring (bicyclic) bond motifs is 1. The van der Waals surface area contributed by atoms with E-state index in [1.165, 1.54) is 23.1 Å². The number of ketones is 1. The monoisotopic (exact) mass is 395 g/mol. The van der Waals surface area contributed by atoms with Crippen LogP contribution in [0.1, 0.15) is 20.8 Å². The number of thioether (sulfide) groups is 1. The van der Waals surface area contributed by atoms with Crippen LogP contribution in [-0.4, -0.2) is 18.0 Å². The van der Waals surface area contributed by atoms with Gasteiger partial charge in [0.2, 0.25) is 5.78 Å². The van der Waals surface area contributed by atoms with E-state index in [9.17, 15) is 9.90 Å². The molecule has 1 aromatic heterocycles. The first kappa shape index (κ1) is 17.7. The van der Waals surface area contributed by atoms with Crippen LogP contribution in [0.15, 0.2) is 63.7 Å². The summed E-state index contributed by atoms with van der Waals surface area (Å²) >= 11 is 2.80. The highest BCUT2D eigenvalue weighted by molar-refractivity contribution is 8.04. The smallest absolute Gasteiger partial charge is 0.211 e. The third-order valence-corrected chi connectivity index (χ3v) is 6.28. The van der Waals surface area contributed by atoms with Crippen LogP contribution in [0.2, 0.25) is 0 Å². The molecule has 0 unspecified atom stereocenters. The van der Waals surface area contributed by atoms with Crippen molar-refractivity contribution in [2.24, 2.45) is 0 Å². The number of nitrogens with one attached hydrogen (secondary N) is 1. The Labute approximate surface area is 165 Å². The Morgan fingerprint density at radius 2 is 2.00 bits per heavy atom. The zero-order valence-electron chi connectivity index (χ0n) is 14.8. The Balaban J connectivity index is 1.88. The Kier molecular flexibility index (Phi) is 4.68. The quantitative estimate of drug-likeness (QED) is 0.568. The summed E-state index contributed by atoms with van der Waals surface area (Å²) in [6, 6.07) is 14.7. The number of methoxy groups -OCH3 is 1. The van der Waals surface area contributed by atoms with Gasteiger partial charge in [-0.15, -0.1) is 11.3 Å². The molecule has 0 spiro atoms. The van der Waals surface area contributed by atoms with Gasteiger partial charge in [-0.05, 0) is 48.7 Å². The number of hydrogen-bond donors (Lipinski definition) is 2. The molecule has 0 atom stereocenters. The number of aryl methyl sites for hydroxylation is 1. The predicted molar refractivity (Wildman–Crippen MR) is 111 cm³/mol. The minimum atomic E-state index is -0.0631. The van der Waals surface area contributed by atoms with Crippen molar-refractivity contribution in [3.8, 4) is 11.5 Å². The molecule has 0 fully saturated rings. The molecule has 2 heterocycles. The Bertz CT molecular complexity index is 1060. The van der Waals surface area contributed by atoms with E-state index in [1.54, 1.807) is 13.2 Å². The van der Waals surface area contributed by atoms with Crippen LogP contribution in [0.5, 0.6) is 11.5 Å². The van der Waals surface area contributed by atoms with E-state index < -0.39 is 0 Å². The van der Waals surface area contributed by atoms with E-state index in [1.807, 2.05) is 54.8 Å². The van der Waals surface area contributed by atoms with Crippen molar-refractivity contribution in [3.63, 3.8) is 0 Å². The number of phenolic OH excluding ortho intramolecular Hbond substituents is 1. The number of hydrogen-bond acceptors (Lipinski definition) is 6. The molecule has 27 heavy (non-hydrogen) atoms. The SMILES string of the molecule is COc1ccc2c(c1)SC(C(=O)c1cccs1)=C(c1cc(C)ccc1O)N2. The van der Waals surface area contributed by atoms with Crippen LogP contribution in [0.4, 0.5) is 5.69 Å². The van der Waals surface area contributed by atoms with Gasteiger partial charge in [-0.3, -0.25) is 4.79 Å². The van der Waals surface area contributed by atoms with Gasteiger partial charge < -0.3 is 15.2 Å². The molecule has 0 radical (unpaired) electrons. The highest BCUT2D eigenvalue weighted by atomic mass is 32.2. The molecule has 4 nitrogen and oxygen atoms in total. The van der Waals surface area contributed by atoms with Gasteiger partial charge in [0, 0.05) is 10.5 Å². The van der Waals surface area contributed by atoms with E-state index in [0.29, 0.717) is 21.0 Å². The Hall–Kier alpha value is -2.70. The van der Waals surface area contributed by atoms with Crippen LogP contribution in [0, 0.1) is 6.92 Å². The molecule has 2 N–H and O–H groups in total. The van der Waals surface area contributed by atoms with Crippen molar-refractivity contribution in [2.75, 3.05) is 12.4 Å². The van der Waals surface area contributed by atoms with E-state index in [4.69, 9.17) is 4.74 Å². The molecular formula is C21H17NO3S2. The van der Waals surface area contributed by atoms with Gasteiger partial charge in [-0.1, -0.05) is 29.5 Å². The number of Topliss-reactive ketones (excluding diaryl/α,β-unsaturated/α-hetero) is 1. The lowest BCUT2D eigenvalue weighted by atomic mass is 10.0. The maximum Gasteiger partial charge on any atom is 0.211 e. The molecule has 0 aliphatic carbocycles. The average molecular weight is 396 g/mol. The second kappa shape index (κ2) is 7.13. The zero-order chi connectivity index (χ0) is 19.0. The van der Waals surface area contributed by atoms with Crippen LogP contribution >= 0.6 is 23.1 Å². The van der Waals surface area contributed by atoms with Crippen LogP contribution in [-0.2, 0) is 0 Å². The summed E-state index contributed by atoms with van der Waals surface area (Å²) in [5.41, 5.74) is 3.12. The van der Waals surface area contributed by atoms with Crippen molar-refractivity contribution in [1.82, 2.24) is 0 Å². The summed E-state index contributed by atoms with van der Waals surface area (Å²) < 4.78 is 5.31. The largest absolute Gasteiger partial charge is 0.507 e. The van der Waals surface area contributed by atoms with Crippen molar-refractivity contribution in [2.45, 2.75) is 11.8 Å². The minimum Gasteiger partial charge on any atom is -0.507 e. The first-order valence-electron chi connectivity index (χ1n) is 8.32. The van der Waals surface area contributed by atoms with Gasteiger partial charge in [0.05, 0.1) is 28.3 Å². The molecule has 3 aromatic rings. The number of allylic oxidation sites excluding steroid dienone is 1. The van der Waals surface area contributed by atoms with Gasteiger partial charge in [-0.2, -0.15) is 0 Å². The number of benzene rings is 2. The number of rotatable bonds is 4. The normalized spacial score (nSPS) is 13.1. The molecule has 0 saturated carbocycles. The van der Waals surface area contributed by atoms with E-state index in [-0.39, 0.29) is 11.5 Å². The summed E-state index contributed by atoms with van der Waals surface area (Å²) in [7, 11) is 1.62. The van der Waals surface area contributed by atoms with Crippen molar-refractivity contribution < 1.29 is 14.6 Å². The maximum atomic E-state index is 13.2. The molecule has 2 aromatic carbocycles. The number of carbonyl (C=O) groups is 1. The molecule has 1 aliphatic heterocycles. The van der Waals surface area contributed by atoms with E-state index in [2.05, 4.69) is 5.32 Å². The standard InChI is InChI=1S/C21H17NO3S2/c1-12-5-8-16(23)14(10-12)19-21(20(24)17-4-3-9-26-17)27-18-11-13(25-2)6-7-15(18)22-19/h3-11,22-23H,1-2H3. The topological polar surface area (TPSA) is 58.6 Å². The molecule has 0 bridgehead atoms. The average Bonchev–Trinajstić information content (AvgIpc) is 3.22. The van der Waals surface area contributed by atoms with E-state index in [0.717, 1.165) is 21.9 Å².